The first-order valence-electron chi connectivity index (χ1n) is 7.10. The first kappa shape index (κ1) is 14.2. The maximum Gasteiger partial charge on any atom is 0.247 e. The van der Waals surface area contributed by atoms with E-state index in [9.17, 15) is 4.79 Å². The zero-order chi connectivity index (χ0) is 15.7. The molecule has 1 aliphatic heterocycles. The lowest BCUT2D eigenvalue weighted by molar-refractivity contribution is -0.115. The summed E-state index contributed by atoms with van der Waals surface area (Å²) in [7, 11) is 4.01. The van der Waals surface area contributed by atoms with Crippen molar-refractivity contribution in [2.24, 2.45) is 0 Å². The first-order chi connectivity index (χ1) is 10.6. The van der Waals surface area contributed by atoms with E-state index in [1.54, 1.807) is 0 Å². The fraction of sp³-hybridized carbons (Fsp3) is 0.167. The number of carbonyl (C=O) groups excluding carboxylic acids is 1. The first-order valence-corrected chi connectivity index (χ1v) is 7.10. The van der Waals surface area contributed by atoms with Gasteiger partial charge in [0.15, 0.2) is 0 Å². The van der Waals surface area contributed by atoms with Gasteiger partial charge in [-0.2, -0.15) is 0 Å². The molecule has 22 heavy (non-hydrogen) atoms. The average Bonchev–Trinajstić information content (AvgIpc) is 2.71. The number of hydrogen-bond acceptors (Lipinski definition) is 3. The van der Waals surface area contributed by atoms with Crippen LogP contribution in [0.2, 0.25) is 0 Å². The summed E-state index contributed by atoms with van der Waals surface area (Å²) in [6, 6.07) is 6.12. The Kier molecular flexibility index (Phi) is 3.59. The van der Waals surface area contributed by atoms with Crippen molar-refractivity contribution in [2.45, 2.75) is 6.10 Å². The fourth-order valence-corrected chi connectivity index (χ4v) is 2.53. The average molecular weight is 294 g/mol. The standard InChI is InChI=1S/C18H18N2O2/c1-4-18(21)19-12-6-5-7-16-14(10-12)15-11-13(20(2)3)8-9-17(15)22-16/h4-11,16H,1H2,2-3H3,(H,19,21). The highest BCUT2D eigenvalue weighted by molar-refractivity contribution is 5.90. The number of fused-ring (bicyclic) bond motifs is 3. The molecular formula is C18H18N2O2. The number of nitrogens with one attached hydrogen (secondary N) is 1. The van der Waals surface area contributed by atoms with Gasteiger partial charge >= 0.3 is 0 Å². The van der Waals surface area contributed by atoms with Crippen LogP contribution in [-0.4, -0.2) is 26.1 Å². The summed E-state index contributed by atoms with van der Waals surface area (Å²) in [6.07, 6.45) is 8.82. The number of carbonyl (C=O) groups is 1. The molecule has 0 spiro atoms. The minimum atomic E-state index is -0.226. The Hall–Kier alpha value is -2.75. The Labute approximate surface area is 130 Å². The molecular weight excluding hydrogens is 276 g/mol. The molecule has 0 saturated carbocycles. The van der Waals surface area contributed by atoms with Crippen molar-refractivity contribution in [1.29, 1.82) is 0 Å². The lowest BCUT2D eigenvalue weighted by atomic mass is 10.0. The van der Waals surface area contributed by atoms with Gasteiger partial charge in [0.05, 0.1) is 0 Å². The second-order valence-corrected chi connectivity index (χ2v) is 5.41. The minimum Gasteiger partial charge on any atom is -0.481 e. The summed E-state index contributed by atoms with van der Waals surface area (Å²) in [4.78, 5) is 13.6. The molecule has 3 rings (SSSR count). The predicted octanol–water partition coefficient (Wildman–Crippen LogP) is 2.65. The highest BCUT2D eigenvalue weighted by Crippen LogP contribution is 2.41. The third-order valence-electron chi connectivity index (χ3n) is 3.68. The molecule has 1 N–H and O–H groups in total. The number of ether oxygens (including phenoxy) is 1. The van der Waals surface area contributed by atoms with Crippen molar-refractivity contribution in [2.75, 3.05) is 19.0 Å². The second kappa shape index (κ2) is 5.56. The monoisotopic (exact) mass is 294 g/mol. The minimum absolute atomic E-state index is 0.123. The maximum absolute atomic E-state index is 11.5. The van der Waals surface area contributed by atoms with Crippen LogP contribution >= 0.6 is 0 Å². The molecule has 0 saturated heterocycles. The molecule has 1 aromatic rings. The van der Waals surface area contributed by atoms with Gasteiger partial charge in [0, 0.05) is 36.6 Å². The predicted molar refractivity (Wildman–Crippen MR) is 88.7 cm³/mol. The maximum atomic E-state index is 11.5. The van der Waals surface area contributed by atoms with E-state index in [0.717, 1.165) is 28.3 Å². The van der Waals surface area contributed by atoms with Crippen LogP contribution in [0.4, 0.5) is 5.69 Å². The van der Waals surface area contributed by atoms with Crippen molar-refractivity contribution in [1.82, 2.24) is 5.32 Å². The van der Waals surface area contributed by atoms with Gasteiger partial charge in [0.25, 0.3) is 0 Å². The molecule has 2 aliphatic rings. The second-order valence-electron chi connectivity index (χ2n) is 5.41. The van der Waals surface area contributed by atoms with Crippen LogP contribution in [0.3, 0.4) is 0 Å². The number of allylic oxidation sites excluding steroid dienone is 3. The Morgan fingerprint density at radius 3 is 2.95 bits per heavy atom. The summed E-state index contributed by atoms with van der Waals surface area (Å²) in [6.45, 7) is 3.47. The number of anilines is 1. The number of rotatable bonds is 3. The van der Waals surface area contributed by atoms with Gasteiger partial charge < -0.3 is 15.0 Å². The molecule has 4 nitrogen and oxygen atoms in total. The van der Waals surface area contributed by atoms with E-state index in [-0.39, 0.29) is 12.0 Å². The van der Waals surface area contributed by atoms with E-state index in [4.69, 9.17) is 4.74 Å². The molecule has 112 valence electrons. The van der Waals surface area contributed by atoms with Crippen LogP contribution in [0.5, 0.6) is 5.75 Å². The van der Waals surface area contributed by atoms with Gasteiger partial charge in [-0.1, -0.05) is 12.7 Å². The van der Waals surface area contributed by atoms with E-state index in [1.807, 2.05) is 50.5 Å². The van der Waals surface area contributed by atoms with Crippen molar-refractivity contribution in [3.05, 3.63) is 66.4 Å². The Morgan fingerprint density at radius 1 is 1.41 bits per heavy atom. The lowest BCUT2D eigenvalue weighted by Crippen LogP contribution is -2.19. The molecule has 1 amide bonds. The number of amides is 1. The summed E-state index contributed by atoms with van der Waals surface area (Å²) in [5, 5.41) is 2.80. The summed E-state index contributed by atoms with van der Waals surface area (Å²) >= 11 is 0. The van der Waals surface area contributed by atoms with Gasteiger partial charge in [0.2, 0.25) is 5.91 Å². The van der Waals surface area contributed by atoms with Gasteiger partial charge in [-0.3, -0.25) is 4.79 Å². The summed E-state index contributed by atoms with van der Waals surface area (Å²) in [5.41, 5.74) is 3.94. The topological polar surface area (TPSA) is 41.6 Å². The molecule has 0 fully saturated rings. The quantitative estimate of drug-likeness (QED) is 0.871. The zero-order valence-corrected chi connectivity index (χ0v) is 12.7. The molecule has 1 atom stereocenters. The van der Waals surface area contributed by atoms with E-state index in [2.05, 4.69) is 22.9 Å². The third kappa shape index (κ3) is 2.55. The normalized spacial score (nSPS) is 18.2. The van der Waals surface area contributed by atoms with Crippen molar-refractivity contribution < 1.29 is 9.53 Å². The Morgan fingerprint density at radius 2 is 2.23 bits per heavy atom. The Balaban J connectivity index is 2.01. The highest BCUT2D eigenvalue weighted by atomic mass is 16.5. The molecule has 0 bridgehead atoms. The molecule has 1 aliphatic carbocycles. The lowest BCUT2D eigenvalue weighted by Gasteiger charge is -2.13. The fourth-order valence-electron chi connectivity index (χ4n) is 2.53. The zero-order valence-electron chi connectivity index (χ0n) is 12.7. The summed E-state index contributed by atoms with van der Waals surface area (Å²) < 4.78 is 5.97. The number of benzene rings is 1. The van der Waals surface area contributed by atoms with Crippen LogP contribution in [0.1, 0.15) is 5.56 Å². The SMILES string of the molecule is C=CC(=O)NC1=CC=CC2Oc3ccc(N(C)C)cc3C2=C1. The molecule has 1 heterocycles. The highest BCUT2D eigenvalue weighted by Gasteiger charge is 2.28. The van der Waals surface area contributed by atoms with Crippen molar-refractivity contribution in [3.63, 3.8) is 0 Å². The van der Waals surface area contributed by atoms with E-state index >= 15 is 0 Å². The summed E-state index contributed by atoms with van der Waals surface area (Å²) in [5.74, 6) is 0.638. The van der Waals surface area contributed by atoms with Gasteiger partial charge in [-0.15, -0.1) is 0 Å². The van der Waals surface area contributed by atoms with Gasteiger partial charge in [-0.25, -0.2) is 0 Å². The van der Waals surface area contributed by atoms with Crippen LogP contribution in [0.15, 0.2) is 60.9 Å². The van der Waals surface area contributed by atoms with Gasteiger partial charge in [0.1, 0.15) is 11.9 Å². The van der Waals surface area contributed by atoms with Crippen LogP contribution in [0.25, 0.3) is 5.57 Å². The van der Waals surface area contributed by atoms with Crippen molar-refractivity contribution in [3.8, 4) is 5.75 Å². The van der Waals surface area contributed by atoms with E-state index in [0.29, 0.717) is 0 Å². The largest absolute Gasteiger partial charge is 0.481 e. The molecule has 4 heteroatoms. The van der Waals surface area contributed by atoms with Crippen LogP contribution in [0, 0.1) is 0 Å². The smallest absolute Gasteiger partial charge is 0.247 e. The third-order valence-corrected chi connectivity index (χ3v) is 3.68. The van der Waals surface area contributed by atoms with Gasteiger partial charge in [-0.05, 0) is 42.5 Å². The molecule has 1 aromatic carbocycles. The molecule has 0 aromatic heterocycles. The van der Waals surface area contributed by atoms with Crippen LogP contribution < -0.4 is 15.0 Å². The van der Waals surface area contributed by atoms with E-state index < -0.39 is 0 Å². The Bertz CT molecular complexity index is 727. The molecule has 0 radical (unpaired) electrons. The number of hydrogen-bond donors (Lipinski definition) is 1. The molecule has 1 unspecified atom stereocenters. The van der Waals surface area contributed by atoms with E-state index in [1.165, 1.54) is 6.08 Å². The number of nitrogens with zero attached hydrogens (tertiary/aromatic N) is 1. The van der Waals surface area contributed by atoms with Crippen LogP contribution in [-0.2, 0) is 4.79 Å². The van der Waals surface area contributed by atoms with Crippen molar-refractivity contribution >= 4 is 17.2 Å².